The van der Waals surface area contributed by atoms with Crippen molar-refractivity contribution in [3.8, 4) is 0 Å². The molecule has 1 unspecified atom stereocenters. The SMILES string of the molecule is CNC(C)Cc1noc(Cc2cccc([N+](=O)[O-])c2)n1. The molecule has 106 valence electrons. The summed E-state index contributed by atoms with van der Waals surface area (Å²) in [4.78, 5) is 14.6. The number of nitrogens with one attached hydrogen (secondary N) is 1. The molecule has 20 heavy (non-hydrogen) atoms. The summed E-state index contributed by atoms with van der Waals surface area (Å²) in [7, 11) is 1.87. The Hall–Kier alpha value is -2.28. The molecule has 0 saturated carbocycles. The van der Waals surface area contributed by atoms with Gasteiger partial charge in [0.15, 0.2) is 5.82 Å². The quantitative estimate of drug-likeness (QED) is 0.637. The Morgan fingerprint density at radius 1 is 1.50 bits per heavy atom. The predicted octanol–water partition coefficient (Wildman–Crippen LogP) is 1.72. The fourth-order valence-electron chi connectivity index (χ4n) is 1.78. The van der Waals surface area contributed by atoms with Crippen molar-refractivity contribution in [1.29, 1.82) is 0 Å². The lowest BCUT2D eigenvalue weighted by atomic mass is 10.1. The van der Waals surface area contributed by atoms with Gasteiger partial charge in [-0.15, -0.1) is 0 Å². The van der Waals surface area contributed by atoms with Crippen molar-refractivity contribution in [1.82, 2.24) is 15.5 Å². The predicted molar refractivity (Wildman–Crippen MR) is 72.4 cm³/mol. The monoisotopic (exact) mass is 276 g/mol. The van der Waals surface area contributed by atoms with Gasteiger partial charge in [0.05, 0.1) is 11.3 Å². The summed E-state index contributed by atoms with van der Waals surface area (Å²) < 4.78 is 5.16. The summed E-state index contributed by atoms with van der Waals surface area (Å²) >= 11 is 0. The Balaban J connectivity index is 2.06. The number of nitro benzene ring substituents is 1. The van der Waals surface area contributed by atoms with Crippen molar-refractivity contribution in [2.75, 3.05) is 7.05 Å². The summed E-state index contributed by atoms with van der Waals surface area (Å²) in [5, 5.41) is 17.7. The molecule has 2 rings (SSSR count). The topological polar surface area (TPSA) is 94.1 Å². The van der Waals surface area contributed by atoms with E-state index >= 15 is 0 Å². The molecule has 2 aromatic rings. The Morgan fingerprint density at radius 3 is 3.00 bits per heavy atom. The number of nitrogens with zero attached hydrogens (tertiary/aromatic N) is 3. The average Bonchev–Trinajstić information content (AvgIpc) is 2.86. The molecular weight excluding hydrogens is 260 g/mol. The molecule has 1 aromatic carbocycles. The molecule has 7 nitrogen and oxygen atoms in total. The largest absolute Gasteiger partial charge is 0.339 e. The van der Waals surface area contributed by atoms with Crippen LogP contribution in [-0.4, -0.2) is 28.2 Å². The number of non-ortho nitro benzene ring substituents is 1. The highest BCUT2D eigenvalue weighted by Crippen LogP contribution is 2.15. The van der Waals surface area contributed by atoms with E-state index in [-0.39, 0.29) is 11.7 Å². The third-order valence-electron chi connectivity index (χ3n) is 2.97. The third-order valence-corrected chi connectivity index (χ3v) is 2.97. The van der Waals surface area contributed by atoms with Crippen LogP contribution in [-0.2, 0) is 12.8 Å². The van der Waals surface area contributed by atoms with Crippen LogP contribution in [0.15, 0.2) is 28.8 Å². The lowest BCUT2D eigenvalue weighted by molar-refractivity contribution is -0.384. The first kappa shape index (κ1) is 14.1. The van der Waals surface area contributed by atoms with Crippen LogP contribution in [0, 0.1) is 10.1 Å². The van der Waals surface area contributed by atoms with Crippen LogP contribution in [0.25, 0.3) is 0 Å². The van der Waals surface area contributed by atoms with Gasteiger partial charge in [0.1, 0.15) is 0 Å². The minimum Gasteiger partial charge on any atom is -0.339 e. The molecule has 0 aliphatic rings. The van der Waals surface area contributed by atoms with E-state index in [9.17, 15) is 10.1 Å². The van der Waals surface area contributed by atoms with Crippen molar-refractivity contribution >= 4 is 5.69 Å². The summed E-state index contributed by atoms with van der Waals surface area (Å²) in [6.07, 6.45) is 1.07. The van der Waals surface area contributed by atoms with Crippen LogP contribution >= 0.6 is 0 Å². The first-order valence-electron chi connectivity index (χ1n) is 6.30. The van der Waals surface area contributed by atoms with Crippen LogP contribution < -0.4 is 5.32 Å². The zero-order valence-corrected chi connectivity index (χ0v) is 11.4. The maximum Gasteiger partial charge on any atom is 0.269 e. The van der Waals surface area contributed by atoms with E-state index in [1.807, 2.05) is 14.0 Å². The molecule has 1 N–H and O–H groups in total. The minimum atomic E-state index is -0.419. The Bertz CT molecular complexity index is 597. The van der Waals surface area contributed by atoms with E-state index in [0.29, 0.717) is 24.6 Å². The number of aromatic nitrogens is 2. The van der Waals surface area contributed by atoms with Gasteiger partial charge in [-0.1, -0.05) is 17.3 Å². The van der Waals surface area contributed by atoms with Gasteiger partial charge in [0.25, 0.3) is 5.69 Å². The third kappa shape index (κ3) is 3.61. The fourth-order valence-corrected chi connectivity index (χ4v) is 1.78. The van der Waals surface area contributed by atoms with Crippen molar-refractivity contribution in [3.63, 3.8) is 0 Å². The van der Waals surface area contributed by atoms with Crippen molar-refractivity contribution in [2.45, 2.75) is 25.8 Å². The van der Waals surface area contributed by atoms with Gasteiger partial charge in [0.2, 0.25) is 5.89 Å². The lowest BCUT2D eigenvalue weighted by Gasteiger charge is -2.04. The number of hydrogen-bond acceptors (Lipinski definition) is 6. The van der Waals surface area contributed by atoms with Gasteiger partial charge in [0, 0.05) is 24.6 Å². The summed E-state index contributed by atoms with van der Waals surface area (Å²) in [5.74, 6) is 1.09. The van der Waals surface area contributed by atoms with E-state index in [1.54, 1.807) is 12.1 Å². The van der Waals surface area contributed by atoms with E-state index in [2.05, 4.69) is 15.5 Å². The molecule has 0 amide bonds. The number of hydrogen-bond donors (Lipinski definition) is 1. The highest BCUT2D eigenvalue weighted by atomic mass is 16.6. The van der Waals surface area contributed by atoms with Crippen molar-refractivity contribution in [3.05, 3.63) is 51.7 Å². The highest BCUT2D eigenvalue weighted by molar-refractivity contribution is 5.35. The van der Waals surface area contributed by atoms with Crippen LogP contribution in [0.3, 0.4) is 0 Å². The summed E-state index contributed by atoms with van der Waals surface area (Å²) in [6.45, 7) is 2.02. The van der Waals surface area contributed by atoms with E-state index < -0.39 is 4.92 Å². The number of likely N-dealkylation sites (N-methyl/N-ethyl adjacent to an activating group) is 1. The molecular formula is C13H16N4O3. The molecule has 1 aromatic heterocycles. The van der Waals surface area contributed by atoms with Gasteiger partial charge in [-0.3, -0.25) is 10.1 Å². The second-order valence-corrected chi connectivity index (χ2v) is 4.60. The molecule has 0 spiro atoms. The van der Waals surface area contributed by atoms with Crippen LogP contribution in [0.5, 0.6) is 0 Å². The van der Waals surface area contributed by atoms with Gasteiger partial charge < -0.3 is 9.84 Å². The molecule has 0 aliphatic heterocycles. The van der Waals surface area contributed by atoms with Crippen molar-refractivity contribution < 1.29 is 9.45 Å². The van der Waals surface area contributed by atoms with Gasteiger partial charge in [-0.25, -0.2) is 0 Å². The molecule has 0 fully saturated rings. The minimum absolute atomic E-state index is 0.0612. The number of benzene rings is 1. The number of rotatable bonds is 6. The first-order chi connectivity index (χ1) is 9.58. The first-order valence-corrected chi connectivity index (χ1v) is 6.30. The second-order valence-electron chi connectivity index (χ2n) is 4.60. The zero-order valence-electron chi connectivity index (χ0n) is 11.4. The van der Waals surface area contributed by atoms with E-state index in [4.69, 9.17) is 4.52 Å². The van der Waals surface area contributed by atoms with E-state index in [1.165, 1.54) is 12.1 Å². The Labute approximate surface area is 116 Å². The van der Waals surface area contributed by atoms with Crippen LogP contribution in [0.4, 0.5) is 5.69 Å². The molecule has 1 heterocycles. The van der Waals surface area contributed by atoms with Gasteiger partial charge in [-0.05, 0) is 19.5 Å². The summed E-state index contributed by atoms with van der Waals surface area (Å²) in [5.41, 5.74) is 0.835. The van der Waals surface area contributed by atoms with Crippen molar-refractivity contribution in [2.24, 2.45) is 0 Å². The molecule has 0 aliphatic carbocycles. The molecule has 7 heteroatoms. The maximum absolute atomic E-state index is 10.7. The maximum atomic E-state index is 10.7. The fraction of sp³-hybridized carbons (Fsp3) is 0.385. The molecule has 0 bridgehead atoms. The van der Waals surface area contributed by atoms with Gasteiger partial charge in [-0.2, -0.15) is 4.98 Å². The smallest absolute Gasteiger partial charge is 0.269 e. The lowest BCUT2D eigenvalue weighted by Crippen LogP contribution is -2.24. The van der Waals surface area contributed by atoms with Crippen LogP contribution in [0.1, 0.15) is 24.2 Å². The standard InChI is InChI=1S/C13H16N4O3/c1-9(14-2)6-12-15-13(20-16-12)8-10-4-3-5-11(7-10)17(18)19/h3-5,7,9,14H,6,8H2,1-2H3. The van der Waals surface area contributed by atoms with Crippen LogP contribution in [0.2, 0.25) is 0 Å². The molecule has 0 radical (unpaired) electrons. The van der Waals surface area contributed by atoms with Gasteiger partial charge >= 0.3 is 0 Å². The molecule has 1 atom stereocenters. The number of nitro groups is 1. The average molecular weight is 276 g/mol. The highest BCUT2D eigenvalue weighted by Gasteiger charge is 2.12. The molecule has 0 saturated heterocycles. The Morgan fingerprint density at radius 2 is 2.30 bits per heavy atom. The summed E-state index contributed by atoms with van der Waals surface area (Å²) in [6, 6.07) is 6.68. The Kier molecular flexibility index (Phi) is 4.41. The normalized spacial score (nSPS) is 12.3. The zero-order chi connectivity index (χ0) is 14.5. The second kappa shape index (κ2) is 6.25. The van der Waals surface area contributed by atoms with E-state index in [0.717, 1.165) is 5.56 Å².